The molecule has 4 heteroatoms. The number of hydrogen-bond donors (Lipinski definition) is 0. The van der Waals surface area contributed by atoms with Gasteiger partial charge in [-0.2, -0.15) is 5.26 Å². The second kappa shape index (κ2) is 5.27. The molecule has 1 aromatic carbocycles. The lowest BCUT2D eigenvalue weighted by Crippen LogP contribution is -2.13. The summed E-state index contributed by atoms with van der Waals surface area (Å²) in [5.74, 6) is 0. The standard InChI is InChI=1S/C13H10Cl2N2/c14-12-4-1-5-13(15)11(12)9-17-6-2-3-10(7-16)8-17/h1-2,4-6,8H,3,9H2. The Balaban J connectivity index is 2.22. The molecule has 0 unspecified atom stereocenters. The van der Waals surface area contributed by atoms with Gasteiger partial charge in [-0.15, -0.1) is 0 Å². The van der Waals surface area contributed by atoms with Gasteiger partial charge in [-0.25, -0.2) is 0 Å². The molecule has 1 aliphatic rings. The van der Waals surface area contributed by atoms with E-state index >= 15 is 0 Å². The Bertz CT molecular complexity index is 506. The highest BCUT2D eigenvalue weighted by Crippen LogP contribution is 2.26. The van der Waals surface area contributed by atoms with Crippen LogP contribution in [0.4, 0.5) is 0 Å². The van der Waals surface area contributed by atoms with Crippen LogP contribution in [-0.4, -0.2) is 4.90 Å². The molecular formula is C13H10Cl2N2. The smallest absolute Gasteiger partial charge is 0.0965 e. The number of allylic oxidation sites excluding steroid dienone is 2. The molecule has 2 nitrogen and oxygen atoms in total. The Hall–Kier alpha value is -1.43. The van der Waals surface area contributed by atoms with Crippen molar-refractivity contribution in [2.24, 2.45) is 0 Å². The molecule has 0 radical (unpaired) electrons. The van der Waals surface area contributed by atoms with Crippen LogP contribution >= 0.6 is 23.2 Å². The first-order valence-electron chi connectivity index (χ1n) is 5.17. The first kappa shape index (κ1) is 12.0. The summed E-state index contributed by atoms with van der Waals surface area (Å²) in [5.41, 5.74) is 1.60. The number of nitriles is 1. The summed E-state index contributed by atoms with van der Waals surface area (Å²) in [7, 11) is 0. The van der Waals surface area contributed by atoms with Gasteiger partial charge in [0.1, 0.15) is 0 Å². The SMILES string of the molecule is N#CC1=CN(Cc2c(Cl)cccc2Cl)C=CC1. The quantitative estimate of drug-likeness (QED) is 0.804. The normalized spacial score (nSPS) is 14.4. The second-order valence-electron chi connectivity index (χ2n) is 3.73. The minimum Gasteiger partial charge on any atom is -0.349 e. The molecule has 0 amide bonds. The van der Waals surface area contributed by atoms with Gasteiger partial charge < -0.3 is 4.90 Å². The van der Waals surface area contributed by atoms with Gasteiger partial charge >= 0.3 is 0 Å². The minimum absolute atomic E-state index is 0.570. The van der Waals surface area contributed by atoms with E-state index in [1.54, 1.807) is 0 Å². The molecule has 17 heavy (non-hydrogen) atoms. The van der Waals surface area contributed by atoms with E-state index in [2.05, 4.69) is 6.07 Å². The van der Waals surface area contributed by atoms with Gasteiger partial charge in [0.25, 0.3) is 0 Å². The lowest BCUT2D eigenvalue weighted by atomic mass is 10.1. The molecule has 0 saturated carbocycles. The van der Waals surface area contributed by atoms with E-state index in [1.807, 2.05) is 41.6 Å². The van der Waals surface area contributed by atoms with E-state index in [1.165, 1.54) is 0 Å². The van der Waals surface area contributed by atoms with Crippen LogP contribution in [-0.2, 0) is 6.54 Å². The van der Waals surface area contributed by atoms with Crippen LogP contribution in [0.2, 0.25) is 10.0 Å². The van der Waals surface area contributed by atoms with Crippen molar-refractivity contribution in [1.29, 1.82) is 5.26 Å². The summed E-state index contributed by atoms with van der Waals surface area (Å²) >= 11 is 12.2. The molecular weight excluding hydrogens is 255 g/mol. The van der Waals surface area contributed by atoms with Crippen LogP contribution in [0.15, 0.2) is 42.2 Å². The second-order valence-corrected chi connectivity index (χ2v) is 4.54. The van der Waals surface area contributed by atoms with E-state index in [0.29, 0.717) is 23.0 Å². The third kappa shape index (κ3) is 2.82. The van der Waals surface area contributed by atoms with Crippen molar-refractivity contribution < 1.29 is 0 Å². The number of rotatable bonds is 2. The Morgan fingerprint density at radius 2 is 2.00 bits per heavy atom. The molecule has 0 bridgehead atoms. The molecule has 0 N–H and O–H groups in total. The third-order valence-corrected chi connectivity index (χ3v) is 3.21. The fraction of sp³-hybridized carbons (Fsp3) is 0.154. The zero-order valence-corrected chi connectivity index (χ0v) is 10.5. The predicted molar refractivity (Wildman–Crippen MR) is 69.5 cm³/mol. The summed E-state index contributed by atoms with van der Waals surface area (Å²) in [4.78, 5) is 1.91. The molecule has 2 rings (SSSR count). The maximum atomic E-state index is 8.85. The van der Waals surface area contributed by atoms with E-state index in [9.17, 15) is 0 Å². The van der Waals surface area contributed by atoms with Crippen LogP contribution in [0.5, 0.6) is 0 Å². The van der Waals surface area contributed by atoms with Crippen LogP contribution in [0.1, 0.15) is 12.0 Å². The Morgan fingerprint density at radius 3 is 2.65 bits per heavy atom. The largest absolute Gasteiger partial charge is 0.349 e. The van der Waals surface area contributed by atoms with Gasteiger partial charge in [0.05, 0.1) is 6.07 Å². The third-order valence-electron chi connectivity index (χ3n) is 2.50. The van der Waals surface area contributed by atoms with Gasteiger partial charge in [-0.05, 0) is 12.1 Å². The van der Waals surface area contributed by atoms with Gasteiger partial charge in [0.2, 0.25) is 0 Å². The van der Waals surface area contributed by atoms with E-state index < -0.39 is 0 Å². The summed E-state index contributed by atoms with van der Waals surface area (Å²) < 4.78 is 0. The van der Waals surface area contributed by atoms with Crippen molar-refractivity contribution >= 4 is 23.2 Å². The molecule has 1 aromatic rings. The Kier molecular flexibility index (Phi) is 3.73. The molecule has 0 fully saturated rings. The number of hydrogen-bond acceptors (Lipinski definition) is 2. The first-order valence-corrected chi connectivity index (χ1v) is 5.92. The summed E-state index contributed by atoms with van der Waals surface area (Å²) in [6.07, 6.45) is 6.38. The van der Waals surface area contributed by atoms with Crippen molar-refractivity contribution in [2.45, 2.75) is 13.0 Å². The summed E-state index contributed by atoms with van der Waals surface area (Å²) in [6.45, 7) is 0.570. The number of benzene rings is 1. The summed E-state index contributed by atoms with van der Waals surface area (Å²) in [5, 5.41) is 10.1. The topological polar surface area (TPSA) is 27.0 Å². The zero-order valence-electron chi connectivity index (χ0n) is 9.03. The van der Waals surface area contributed by atoms with E-state index in [0.717, 1.165) is 11.1 Å². The zero-order chi connectivity index (χ0) is 12.3. The monoisotopic (exact) mass is 264 g/mol. The molecule has 0 atom stereocenters. The van der Waals surface area contributed by atoms with Crippen molar-refractivity contribution in [3.63, 3.8) is 0 Å². The van der Waals surface area contributed by atoms with Crippen LogP contribution in [0.3, 0.4) is 0 Å². The molecule has 86 valence electrons. The molecule has 0 aromatic heterocycles. The van der Waals surface area contributed by atoms with Crippen molar-refractivity contribution in [2.75, 3.05) is 0 Å². The average Bonchev–Trinajstić information content (AvgIpc) is 2.34. The van der Waals surface area contributed by atoms with E-state index in [4.69, 9.17) is 28.5 Å². The Labute approximate surface area is 110 Å². The van der Waals surface area contributed by atoms with Crippen molar-refractivity contribution in [3.8, 4) is 6.07 Å². The van der Waals surface area contributed by atoms with Gasteiger partial charge in [0, 0.05) is 46.5 Å². The van der Waals surface area contributed by atoms with Crippen LogP contribution in [0, 0.1) is 11.3 Å². The number of halogens is 2. The van der Waals surface area contributed by atoms with Gasteiger partial charge in [-0.3, -0.25) is 0 Å². The molecule has 1 aliphatic heterocycles. The highest BCUT2D eigenvalue weighted by molar-refractivity contribution is 6.35. The van der Waals surface area contributed by atoms with E-state index in [-0.39, 0.29) is 0 Å². The highest BCUT2D eigenvalue weighted by Gasteiger charge is 2.10. The first-order chi connectivity index (χ1) is 8.20. The number of nitrogens with zero attached hydrogens (tertiary/aromatic N) is 2. The lowest BCUT2D eigenvalue weighted by molar-refractivity contribution is 0.490. The highest BCUT2D eigenvalue weighted by atomic mass is 35.5. The van der Waals surface area contributed by atoms with Gasteiger partial charge in [0.15, 0.2) is 0 Å². The summed E-state index contributed by atoms with van der Waals surface area (Å²) in [6, 6.07) is 7.59. The molecule has 0 saturated heterocycles. The molecule has 0 aliphatic carbocycles. The molecule has 1 heterocycles. The average molecular weight is 265 g/mol. The maximum Gasteiger partial charge on any atom is 0.0965 e. The Morgan fingerprint density at radius 1 is 1.29 bits per heavy atom. The van der Waals surface area contributed by atoms with Gasteiger partial charge in [-0.1, -0.05) is 35.3 Å². The molecule has 0 spiro atoms. The van der Waals surface area contributed by atoms with Crippen molar-refractivity contribution in [1.82, 2.24) is 4.90 Å². The predicted octanol–water partition coefficient (Wildman–Crippen LogP) is 4.12. The maximum absolute atomic E-state index is 8.85. The minimum atomic E-state index is 0.570. The fourth-order valence-corrected chi connectivity index (χ4v) is 2.17. The van der Waals surface area contributed by atoms with Crippen LogP contribution in [0.25, 0.3) is 0 Å². The van der Waals surface area contributed by atoms with Crippen molar-refractivity contribution in [3.05, 3.63) is 57.9 Å². The fourth-order valence-electron chi connectivity index (χ4n) is 1.65. The lowest BCUT2D eigenvalue weighted by Gasteiger charge is -2.20. The van der Waals surface area contributed by atoms with Crippen LogP contribution < -0.4 is 0 Å².